The standard InChI is InChI=1S/C18H23BrN2O3/c1-18(2,3)24-17(23)20-7-6-12-8-15(5-4-13(12)10-20)21-11-14(19)9-16(21)22/h4-5,8,14H,6-7,9-11H2,1-3H3. The van der Waals surface area contributed by atoms with Crippen LogP contribution in [0.1, 0.15) is 38.3 Å². The molecule has 6 heteroatoms. The van der Waals surface area contributed by atoms with Gasteiger partial charge in [-0.3, -0.25) is 4.79 Å². The van der Waals surface area contributed by atoms with Crippen LogP contribution < -0.4 is 4.90 Å². The fourth-order valence-corrected chi connectivity index (χ4v) is 3.67. The number of hydrogen-bond donors (Lipinski definition) is 0. The van der Waals surface area contributed by atoms with E-state index in [1.54, 1.807) is 4.90 Å². The molecule has 1 saturated heterocycles. The first-order valence-electron chi connectivity index (χ1n) is 8.27. The van der Waals surface area contributed by atoms with Crippen LogP contribution in [-0.2, 0) is 22.5 Å². The summed E-state index contributed by atoms with van der Waals surface area (Å²) in [7, 11) is 0. The van der Waals surface area contributed by atoms with E-state index in [1.165, 1.54) is 5.56 Å². The molecule has 130 valence electrons. The van der Waals surface area contributed by atoms with Gasteiger partial charge in [0.1, 0.15) is 5.60 Å². The van der Waals surface area contributed by atoms with E-state index in [4.69, 9.17) is 4.74 Å². The zero-order chi connectivity index (χ0) is 17.5. The van der Waals surface area contributed by atoms with Gasteiger partial charge in [0, 0.05) is 36.6 Å². The van der Waals surface area contributed by atoms with Crippen LogP contribution in [0.15, 0.2) is 18.2 Å². The lowest BCUT2D eigenvalue weighted by Crippen LogP contribution is -2.40. The Bertz CT molecular complexity index is 669. The summed E-state index contributed by atoms with van der Waals surface area (Å²) in [6.07, 6.45) is 1.06. The minimum Gasteiger partial charge on any atom is -0.444 e. The number of amides is 2. The van der Waals surface area contributed by atoms with Gasteiger partial charge in [-0.2, -0.15) is 0 Å². The summed E-state index contributed by atoms with van der Waals surface area (Å²) in [5.74, 6) is 0.156. The van der Waals surface area contributed by atoms with Crippen molar-refractivity contribution in [2.75, 3.05) is 18.0 Å². The third kappa shape index (κ3) is 3.74. The van der Waals surface area contributed by atoms with Gasteiger partial charge in [-0.05, 0) is 50.5 Å². The number of benzene rings is 1. The maximum absolute atomic E-state index is 12.2. The van der Waals surface area contributed by atoms with Crippen molar-refractivity contribution in [2.45, 2.75) is 50.6 Å². The Hall–Kier alpha value is -1.56. The first-order chi connectivity index (χ1) is 11.2. The maximum atomic E-state index is 12.2. The molecular formula is C18H23BrN2O3. The number of carbonyl (C=O) groups is 2. The Morgan fingerprint density at radius 1 is 1.29 bits per heavy atom. The molecule has 2 aliphatic rings. The summed E-state index contributed by atoms with van der Waals surface area (Å²) >= 11 is 3.52. The average molecular weight is 395 g/mol. The second-order valence-electron chi connectivity index (χ2n) is 7.41. The Kier molecular flexibility index (Phi) is 4.60. The number of hydrogen-bond acceptors (Lipinski definition) is 3. The smallest absolute Gasteiger partial charge is 0.410 e. The molecule has 3 rings (SSSR count). The van der Waals surface area contributed by atoms with E-state index in [0.29, 0.717) is 26.1 Å². The minimum atomic E-state index is -0.483. The van der Waals surface area contributed by atoms with Crippen LogP contribution in [0.25, 0.3) is 0 Å². The van der Waals surface area contributed by atoms with E-state index in [1.807, 2.05) is 37.8 Å². The van der Waals surface area contributed by atoms with Gasteiger partial charge in [-0.15, -0.1) is 0 Å². The summed E-state index contributed by atoms with van der Waals surface area (Å²) in [4.78, 5) is 28.1. The van der Waals surface area contributed by atoms with E-state index in [2.05, 4.69) is 22.0 Å². The highest BCUT2D eigenvalue weighted by Crippen LogP contribution is 2.29. The highest BCUT2D eigenvalue weighted by Gasteiger charge is 2.30. The van der Waals surface area contributed by atoms with Gasteiger partial charge < -0.3 is 14.5 Å². The molecule has 5 nitrogen and oxygen atoms in total. The molecule has 0 radical (unpaired) electrons. The van der Waals surface area contributed by atoms with Crippen LogP contribution in [0.5, 0.6) is 0 Å². The summed E-state index contributed by atoms with van der Waals surface area (Å²) in [6.45, 7) is 7.53. The number of fused-ring (bicyclic) bond motifs is 1. The zero-order valence-electron chi connectivity index (χ0n) is 14.3. The van der Waals surface area contributed by atoms with Crippen molar-refractivity contribution in [3.63, 3.8) is 0 Å². The van der Waals surface area contributed by atoms with Crippen LogP contribution in [0.3, 0.4) is 0 Å². The highest BCUT2D eigenvalue weighted by atomic mass is 79.9. The predicted octanol–water partition coefficient (Wildman–Crippen LogP) is 3.48. The van der Waals surface area contributed by atoms with Gasteiger partial charge in [0.2, 0.25) is 5.91 Å². The lowest BCUT2D eigenvalue weighted by Gasteiger charge is -2.31. The lowest BCUT2D eigenvalue weighted by molar-refractivity contribution is -0.117. The van der Waals surface area contributed by atoms with Gasteiger partial charge in [0.05, 0.1) is 0 Å². The molecule has 1 unspecified atom stereocenters. The van der Waals surface area contributed by atoms with Crippen molar-refractivity contribution in [3.05, 3.63) is 29.3 Å². The Labute approximate surface area is 151 Å². The Morgan fingerprint density at radius 3 is 2.67 bits per heavy atom. The normalized spacial score (nSPS) is 21.0. The fraction of sp³-hybridized carbons (Fsp3) is 0.556. The fourth-order valence-electron chi connectivity index (χ4n) is 3.10. The maximum Gasteiger partial charge on any atom is 0.410 e. The van der Waals surface area contributed by atoms with Crippen molar-refractivity contribution >= 4 is 33.6 Å². The number of rotatable bonds is 1. The number of halogens is 1. The molecule has 2 heterocycles. The van der Waals surface area contributed by atoms with Gasteiger partial charge in [0.25, 0.3) is 0 Å². The second kappa shape index (κ2) is 6.39. The molecule has 1 aromatic rings. The third-order valence-corrected chi connectivity index (χ3v) is 4.86. The molecule has 24 heavy (non-hydrogen) atoms. The van der Waals surface area contributed by atoms with Crippen LogP contribution in [0, 0.1) is 0 Å². The monoisotopic (exact) mass is 394 g/mol. The third-order valence-electron chi connectivity index (χ3n) is 4.24. The highest BCUT2D eigenvalue weighted by molar-refractivity contribution is 9.09. The molecule has 1 aromatic carbocycles. The van der Waals surface area contributed by atoms with Crippen LogP contribution in [-0.4, -0.2) is 40.4 Å². The Morgan fingerprint density at radius 2 is 2.04 bits per heavy atom. The first-order valence-corrected chi connectivity index (χ1v) is 9.19. The van der Waals surface area contributed by atoms with Crippen molar-refractivity contribution in [1.82, 2.24) is 4.90 Å². The Balaban J connectivity index is 1.73. The largest absolute Gasteiger partial charge is 0.444 e. The molecule has 2 aliphatic heterocycles. The molecule has 0 N–H and O–H groups in total. The zero-order valence-corrected chi connectivity index (χ0v) is 15.9. The molecular weight excluding hydrogens is 372 g/mol. The number of carbonyl (C=O) groups excluding carboxylic acids is 2. The summed E-state index contributed by atoms with van der Waals surface area (Å²) in [5.41, 5.74) is 2.80. The van der Waals surface area contributed by atoms with Crippen LogP contribution in [0.2, 0.25) is 0 Å². The van der Waals surface area contributed by atoms with Crippen LogP contribution >= 0.6 is 15.9 Å². The SMILES string of the molecule is CC(C)(C)OC(=O)N1CCc2cc(N3CC(Br)CC3=O)ccc2C1. The molecule has 0 saturated carbocycles. The van der Waals surface area contributed by atoms with E-state index in [-0.39, 0.29) is 16.8 Å². The molecule has 0 aliphatic carbocycles. The van der Waals surface area contributed by atoms with Gasteiger partial charge >= 0.3 is 6.09 Å². The van der Waals surface area contributed by atoms with Gasteiger partial charge in [0.15, 0.2) is 0 Å². The van der Waals surface area contributed by atoms with E-state index in [9.17, 15) is 9.59 Å². The van der Waals surface area contributed by atoms with Crippen molar-refractivity contribution in [1.29, 1.82) is 0 Å². The lowest BCUT2D eigenvalue weighted by atomic mass is 9.99. The molecule has 1 atom stereocenters. The quantitative estimate of drug-likeness (QED) is 0.685. The van der Waals surface area contributed by atoms with Crippen molar-refractivity contribution in [2.24, 2.45) is 0 Å². The predicted molar refractivity (Wildman–Crippen MR) is 96.5 cm³/mol. The van der Waals surface area contributed by atoms with E-state index < -0.39 is 5.60 Å². The number of nitrogens with zero attached hydrogens (tertiary/aromatic N) is 2. The minimum absolute atomic E-state index is 0.156. The topological polar surface area (TPSA) is 49.9 Å². The van der Waals surface area contributed by atoms with Crippen molar-refractivity contribution in [3.8, 4) is 0 Å². The summed E-state index contributed by atoms with van der Waals surface area (Å²) < 4.78 is 5.45. The molecule has 1 fully saturated rings. The molecule has 0 aromatic heterocycles. The molecule has 0 spiro atoms. The second-order valence-corrected chi connectivity index (χ2v) is 8.71. The molecule has 2 amide bonds. The van der Waals surface area contributed by atoms with Crippen molar-refractivity contribution < 1.29 is 14.3 Å². The summed E-state index contributed by atoms with van der Waals surface area (Å²) in [5, 5.41) is 0. The van der Waals surface area contributed by atoms with Gasteiger partial charge in [-0.1, -0.05) is 22.0 Å². The van der Waals surface area contributed by atoms with Crippen LogP contribution in [0.4, 0.5) is 10.5 Å². The number of ether oxygens (including phenoxy) is 1. The first kappa shape index (κ1) is 17.3. The number of anilines is 1. The summed E-state index contributed by atoms with van der Waals surface area (Å²) in [6, 6.07) is 6.08. The van der Waals surface area contributed by atoms with E-state index >= 15 is 0 Å². The van der Waals surface area contributed by atoms with Gasteiger partial charge in [-0.25, -0.2) is 4.79 Å². The van der Waals surface area contributed by atoms with E-state index in [0.717, 1.165) is 17.7 Å². The number of alkyl halides is 1. The average Bonchev–Trinajstić information content (AvgIpc) is 2.83. The molecule has 0 bridgehead atoms.